The van der Waals surface area contributed by atoms with E-state index in [4.69, 9.17) is 5.73 Å². The van der Waals surface area contributed by atoms with Crippen LogP contribution in [0, 0.1) is 5.92 Å². The Morgan fingerprint density at radius 3 is 2.72 bits per heavy atom. The molecule has 2 aliphatic rings. The molecule has 1 heterocycles. The van der Waals surface area contributed by atoms with E-state index >= 15 is 0 Å². The SMILES string of the molecule is Nc1nsc(NCCCC2CCCC2)c1C1CC1. The number of anilines is 2. The molecular formula is C14H23N3S. The highest BCUT2D eigenvalue weighted by Gasteiger charge is 2.30. The maximum atomic E-state index is 5.95. The fraction of sp³-hybridized carbons (Fsp3) is 0.786. The van der Waals surface area contributed by atoms with Crippen LogP contribution < -0.4 is 11.1 Å². The first-order chi connectivity index (χ1) is 8.84. The van der Waals surface area contributed by atoms with Crippen LogP contribution in [0.4, 0.5) is 10.8 Å². The molecule has 18 heavy (non-hydrogen) atoms. The van der Waals surface area contributed by atoms with E-state index in [1.807, 2.05) is 0 Å². The fourth-order valence-corrected chi connectivity index (χ4v) is 3.92. The maximum absolute atomic E-state index is 5.95. The standard InChI is InChI=1S/C14H23N3S/c15-13-12(11-7-8-11)14(18-17-13)16-9-3-6-10-4-1-2-5-10/h10-11,16H,1-9H2,(H2,15,17). The van der Waals surface area contributed by atoms with Crippen molar-refractivity contribution in [1.29, 1.82) is 0 Å². The third kappa shape index (κ3) is 2.79. The van der Waals surface area contributed by atoms with Gasteiger partial charge in [-0.3, -0.25) is 0 Å². The first kappa shape index (κ1) is 12.3. The van der Waals surface area contributed by atoms with E-state index in [-0.39, 0.29) is 0 Å². The highest BCUT2D eigenvalue weighted by atomic mass is 32.1. The average molecular weight is 265 g/mol. The summed E-state index contributed by atoms with van der Waals surface area (Å²) in [5, 5.41) is 4.79. The number of rotatable bonds is 6. The average Bonchev–Trinajstić information content (AvgIpc) is 2.93. The molecule has 3 rings (SSSR count). The van der Waals surface area contributed by atoms with Crippen LogP contribution in [0.25, 0.3) is 0 Å². The van der Waals surface area contributed by atoms with E-state index in [2.05, 4.69) is 9.69 Å². The molecule has 1 aromatic rings. The first-order valence-corrected chi connectivity index (χ1v) is 8.11. The van der Waals surface area contributed by atoms with E-state index in [9.17, 15) is 0 Å². The van der Waals surface area contributed by atoms with Crippen molar-refractivity contribution < 1.29 is 0 Å². The van der Waals surface area contributed by atoms with Crippen molar-refractivity contribution in [1.82, 2.24) is 4.37 Å². The Hall–Kier alpha value is -0.770. The van der Waals surface area contributed by atoms with Gasteiger partial charge in [0.15, 0.2) is 0 Å². The van der Waals surface area contributed by atoms with E-state index in [0.29, 0.717) is 5.92 Å². The summed E-state index contributed by atoms with van der Waals surface area (Å²) in [6.45, 7) is 1.08. The molecule has 0 radical (unpaired) electrons. The molecule has 0 saturated heterocycles. The van der Waals surface area contributed by atoms with Crippen molar-refractivity contribution in [2.75, 3.05) is 17.6 Å². The minimum Gasteiger partial charge on any atom is -0.383 e. The van der Waals surface area contributed by atoms with Crippen molar-refractivity contribution >= 4 is 22.4 Å². The maximum Gasteiger partial charge on any atom is 0.142 e. The largest absolute Gasteiger partial charge is 0.383 e. The monoisotopic (exact) mass is 265 g/mol. The molecule has 0 amide bonds. The van der Waals surface area contributed by atoms with Crippen LogP contribution in [-0.2, 0) is 0 Å². The summed E-state index contributed by atoms with van der Waals surface area (Å²) in [4.78, 5) is 0. The lowest BCUT2D eigenvalue weighted by atomic mass is 10.0. The molecule has 4 heteroatoms. The van der Waals surface area contributed by atoms with Gasteiger partial charge in [0, 0.05) is 12.1 Å². The highest BCUT2D eigenvalue weighted by Crippen LogP contribution is 2.47. The Kier molecular flexibility index (Phi) is 3.73. The lowest BCUT2D eigenvalue weighted by Gasteiger charge is -2.10. The van der Waals surface area contributed by atoms with Crippen molar-refractivity contribution in [2.24, 2.45) is 5.92 Å². The Bertz CT molecular complexity index is 392. The number of nitrogens with one attached hydrogen (secondary N) is 1. The van der Waals surface area contributed by atoms with Gasteiger partial charge in [0.1, 0.15) is 10.8 Å². The third-order valence-corrected chi connectivity index (χ3v) is 5.13. The number of hydrogen-bond acceptors (Lipinski definition) is 4. The number of nitrogens with two attached hydrogens (primary N) is 1. The molecule has 2 fully saturated rings. The second-order valence-corrected chi connectivity index (χ2v) is 6.58. The molecule has 0 aromatic carbocycles. The summed E-state index contributed by atoms with van der Waals surface area (Å²) in [6, 6.07) is 0. The summed E-state index contributed by atoms with van der Waals surface area (Å²) in [7, 11) is 0. The van der Waals surface area contributed by atoms with Crippen molar-refractivity contribution in [3.63, 3.8) is 0 Å². The Morgan fingerprint density at radius 1 is 1.22 bits per heavy atom. The van der Waals surface area contributed by atoms with Crippen LogP contribution in [0.3, 0.4) is 0 Å². The molecule has 3 N–H and O–H groups in total. The second kappa shape index (κ2) is 5.47. The van der Waals surface area contributed by atoms with Gasteiger partial charge in [0.05, 0.1) is 0 Å². The molecule has 0 atom stereocenters. The van der Waals surface area contributed by atoms with E-state index in [1.165, 1.54) is 61.9 Å². The highest BCUT2D eigenvalue weighted by molar-refractivity contribution is 7.10. The normalized spacial score (nSPS) is 20.4. The molecule has 0 bridgehead atoms. The lowest BCUT2D eigenvalue weighted by Crippen LogP contribution is -2.04. The molecule has 2 saturated carbocycles. The number of nitrogens with zero attached hydrogens (tertiary/aromatic N) is 1. The van der Waals surface area contributed by atoms with Crippen LogP contribution in [-0.4, -0.2) is 10.9 Å². The van der Waals surface area contributed by atoms with Crippen LogP contribution >= 0.6 is 11.5 Å². The Morgan fingerprint density at radius 2 is 2.00 bits per heavy atom. The van der Waals surface area contributed by atoms with Gasteiger partial charge in [0.2, 0.25) is 0 Å². The van der Waals surface area contributed by atoms with Gasteiger partial charge in [0.25, 0.3) is 0 Å². The van der Waals surface area contributed by atoms with Gasteiger partial charge < -0.3 is 11.1 Å². The molecular weight excluding hydrogens is 242 g/mol. The topological polar surface area (TPSA) is 50.9 Å². The van der Waals surface area contributed by atoms with Crippen LogP contribution in [0.2, 0.25) is 0 Å². The van der Waals surface area contributed by atoms with Crippen molar-refractivity contribution in [3.05, 3.63) is 5.56 Å². The lowest BCUT2D eigenvalue weighted by molar-refractivity contribution is 0.491. The van der Waals surface area contributed by atoms with Crippen LogP contribution in [0.1, 0.15) is 62.8 Å². The molecule has 1 aromatic heterocycles. The molecule has 0 unspecified atom stereocenters. The predicted octanol–water partition coefficient (Wildman–Crippen LogP) is 3.99. The smallest absolute Gasteiger partial charge is 0.142 e. The summed E-state index contributed by atoms with van der Waals surface area (Å²) < 4.78 is 4.29. The van der Waals surface area contributed by atoms with Gasteiger partial charge in [-0.1, -0.05) is 25.7 Å². The van der Waals surface area contributed by atoms with Crippen LogP contribution in [0.15, 0.2) is 0 Å². The van der Waals surface area contributed by atoms with Crippen molar-refractivity contribution in [2.45, 2.75) is 57.3 Å². The predicted molar refractivity (Wildman–Crippen MR) is 78.2 cm³/mol. The number of hydrogen-bond donors (Lipinski definition) is 2. The minimum atomic E-state index is 0.695. The molecule has 0 spiro atoms. The number of nitrogen functional groups attached to an aromatic ring is 1. The Balaban J connectivity index is 1.45. The van der Waals surface area contributed by atoms with Gasteiger partial charge >= 0.3 is 0 Å². The van der Waals surface area contributed by atoms with Gasteiger partial charge in [-0.25, -0.2) is 0 Å². The first-order valence-electron chi connectivity index (χ1n) is 7.33. The summed E-state index contributed by atoms with van der Waals surface area (Å²) in [5.41, 5.74) is 7.25. The zero-order valence-corrected chi connectivity index (χ0v) is 11.8. The fourth-order valence-electron chi connectivity index (χ4n) is 3.10. The third-order valence-electron chi connectivity index (χ3n) is 4.29. The van der Waals surface area contributed by atoms with E-state index < -0.39 is 0 Å². The summed E-state index contributed by atoms with van der Waals surface area (Å²) in [6.07, 6.45) is 11.1. The minimum absolute atomic E-state index is 0.695. The zero-order valence-electron chi connectivity index (χ0n) is 11.0. The Labute approximate surface area is 113 Å². The molecule has 3 nitrogen and oxygen atoms in total. The van der Waals surface area contributed by atoms with E-state index in [0.717, 1.165) is 18.3 Å². The summed E-state index contributed by atoms with van der Waals surface area (Å²) in [5.74, 6) is 2.46. The van der Waals surface area contributed by atoms with Gasteiger partial charge in [-0.15, -0.1) is 0 Å². The second-order valence-electron chi connectivity index (χ2n) is 5.80. The quantitative estimate of drug-likeness (QED) is 0.765. The molecule has 100 valence electrons. The van der Waals surface area contributed by atoms with Gasteiger partial charge in [-0.05, 0) is 49.1 Å². The summed E-state index contributed by atoms with van der Waals surface area (Å²) >= 11 is 1.54. The van der Waals surface area contributed by atoms with E-state index in [1.54, 1.807) is 11.5 Å². The zero-order chi connectivity index (χ0) is 12.4. The van der Waals surface area contributed by atoms with Gasteiger partial charge in [-0.2, -0.15) is 4.37 Å². The van der Waals surface area contributed by atoms with Crippen LogP contribution in [0.5, 0.6) is 0 Å². The molecule has 2 aliphatic carbocycles. The van der Waals surface area contributed by atoms with Crippen molar-refractivity contribution in [3.8, 4) is 0 Å². The molecule has 0 aliphatic heterocycles. The number of aromatic nitrogens is 1.